The maximum absolute atomic E-state index is 13.5. The molecule has 45 heavy (non-hydrogen) atoms. The molecule has 4 aliphatic carbocycles. The molecule has 0 radical (unpaired) electrons. The SMILES string of the molecule is COc1ccc(CCNC(=O)CCC(=O)OCC(=O)[C@@]2(O)CC[C@@H]3[C@@H]4CCC5=CC(=O)C=C[C@]5(C)[C@H]4[C@@H](O)C[C@@]32C)cc1OC. The Morgan fingerprint density at radius 3 is 2.56 bits per heavy atom. The van der Waals surface area contributed by atoms with Gasteiger partial charge < -0.3 is 29.7 Å². The summed E-state index contributed by atoms with van der Waals surface area (Å²) in [4.78, 5) is 50.3. The highest BCUT2D eigenvalue weighted by atomic mass is 16.5. The number of allylic oxidation sites excluding steroid dienone is 4. The fourth-order valence-corrected chi connectivity index (χ4v) is 8.81. The minimum absolute atomic E-state index is 0.00246. The molecule has 7 atom stereocenters. The van der Waals surface area contributed by atoms with Gasteiger partial charge in [-0.15, -0.1) is 0 Å². The number of esters is 1. The summed E-state index contributed by atoms with van der Waals surface area (Å²) < 4.78 is 15.8. The number of ether oxygens (including phenoxy) is 3. The minimum Gasteiger partial charge on any atom is -0.493 e. The molecule has 3 fully saturated rings. The third kappa shape index (κ3) is 5.94. The van der Waals surface area contributed by atoms with E-state index in [9.17, 15) is 29.4 Å². The van der Waals surface area contributed by atoms with E-state index in [2.05, 4.69) is 12.2 Å². The average Bonchev–Trinajstić information content (AvgIpc) is 3.29. The van der Waals surface area contributed by atoms with Crippen LogP contribution in [0.25, 0.3) is 0 Å². The van der Waals surface area contributed by atoms with Crippen molar-refractivity contribution in [1.82, 2.24) is 5.32 Å². The standard InChI is InChI=1S/C35H45NO9/c1-33-14-11-23(37)18-22(33)6-7-24-25-12-15-35(42,34(25,2)19-26(38)32(24)33)29(39)20-45-31(41)10-9-30(40)36-16-13-21-5-8-27(43-3)28(17-21)44-4/h5,8,11,14,17-18,24-26,32,38,42H,6-7,9-10,12-13,15-16,19-20H2,1-4H3,(H,36,40)/t24-,25+,26-,32+,33-,34-,35-/m0/s1. The molecule has 10 nitrogen and oxygen atoms in total. The first kappa shape index (κ1) is 32.9. The molecule has 244 valence electrons. The molecule has 4 aliphatic rings. The molecule has 0 heterocycles. The van der Waals surface area contributed by atoms with Crippen LogP contribution in [0.15, 0.2) is 42.0 Å². The first-order chi connectivity index (χ1) is 21.4. The molecule has 10 heteroatoms. The van der Waals surface area contributed by atoms with Crippen molar-refractivity contribution in [2.24, 2.45) is 28.6 Å². The molecule has 0 unspecified atom stereocenters. The lowest BCUT2D eigenvalue weighted by Gasteiger charge is -2.59. The first-order valence-electron chi connectivity index (χ1n) is 15.9. The predicted molar refractivity (Wildman–Crippen MR) is 164 cm³/mol. The van der Waals surface area contributed by atoms with E-state index in [0.29, 0.717) is 30.9 Å². The lowest BCUT2D eigenvalue weighted by atomic mass is 9.46. The van der Waals surface area contributed by atoms with Gasteiger partial charge in [-0.05, 0) is 80.2 Å². The van der Waals surface area contributed by atoms with Crippen molar-refractivity contribution < 1.29 is 43.6 Å². The highest BCUT2D eigenvalue weighted by Gasteiger charge is 2.68. The number of Topliss-reactive ketones (excluding diaryl/α,β-unsaturated/α-hetero) is 1. The zero-order chi connectivity index (χ0) is 32.6. The summed E-state index contributed by atoms with van der Waals surface area (Å²) in [7, 11) is 3.12. The number of carbonyl (C=O) groups excluding carboxylic acids is 4. The third-order valence-corrected chi connectivity index (χ3v) is 11.2. The smallest absolute Gasteiger partial charge is 0.306 e. The van der Waals surface area contributed by atoms with Crippen molar-refractivity contribution in [2.45, 2.75) is 76.9 Å². The number of fused-ring (bicyclic) bond motifs is 5. The van der Waals surface area contributed by atoms with Crippen LogP contribution >= 0.6 is 0 Å². The second-order valence-corrected chi connectivity index (χ2v) is 13.5. The number of amides is 1. The number of hydrogen-bond acceptors (Lipinski definition) is 9. The highest BCUT2D eigenvalue weighted by molar-refractivity contribution is 6.01. The maximum Gasteiger partial charge on any atom is 0.306 e. The number of aliphatic hydroxyl groups excluding tert-OH is 1. The molecule has 3 saturated carbocycles. The van der Waals surface area contributed by atoms with Gasteiger partial charge >= 0.3 is 5.97 Å². The molecule has 1 aromatic rings. The van der Waals surface area contributed by atoms with Crippen LogP contribution in [0.5, 0.6) is 11.5 Å². The van der Waals surface area contributed by atoms with E-state index in [1.54, 1.807) is 32.4 Å². The summed E-state index contributed by atoms with van der Waals surface area (Å²) in [6, 6.07) is 5.52. The van der Waals surface area contributed by atoms with Crippen molar-refractivity contribution in [3.8, 4) is 11.5 Å². The normalized spacial score (nSPS) is 33.3. The van der Waals surface area contributed by atoms with Crippen molar-refractivity contribution in [3.63, 3.8) is 0 Å². The van der Waals surface area contributed by atoms with E-state index < -0.39 is 40.9 Å². The summed E-state index contributed by atoms with van der Waals surface area (Å²) in [5.74, 6) is -0.419. The van der Waals surface area contributed by atoms with Crippen LogP contribution in [0.3, 0.4) is 0 Å². The van der Waals surface area contributed by atoms with Crippen LogP contribution in [-0.2, 0) is 30.3 Å². The van der Waals surface area contributed by atoms with E-state index in [4.69, 9.17) is 14.2 Å². The Morgan fingerprint density at radius 1 is 1.07 bits per heavy atom. The van der Waals surface area contributed by atoms with Gasteiger partial charge in [0.05, 0.1) is 26.7 Å². The van der Waals surface area contributed by atoms with Gasteiger partial charge in [0.2, 0.25) is 11.7 Å². The lowest BCUT2D eigenvalue weighted by molar-refractivity contribution is -0.181. The summed E-state index contributed by atoms with van der Waals surface area (Å²) in [5, 5.41) is 26.1. The van der Waals surface area contributed by atoms with Gasteiger partial charge in [0.25, 0.3) is 0 Å². The summed E-state index contributed by atoms with van der Waals surface area (Å²) in [5.41, 5.74) is -1.05. The second-order valence-electron chi connectivity index (χ2n) is 13.5. The zero-order valence-corrected chi connectivity index (χ0v) is 26.6. The van der Waals surface area contributed by atoms with E-state index >= 15 is 0 Å². The van der Waals surface area contributed by atoms with Gasteiger partial charge in [0.1, 0.15) is 5.60 Å². The number of nitrogens with one attached hydrogen (secondary N) is 1. The molecule has 0 aromatic heterocycles. The van der Waals surface area contributed by atoms with E-state index in [0.717, 1.165) is 24.0 Å². The van der Waals surface area contributed by atoms with Crippen LogP contribution < -0.4 is 14.8 Å². The molecule has 1 amide bonds. The Kier molecular flexibility index (Phi) is 9.29. The number of hydrogen-bond donors (Lipinski definition) is 3. The Hall–Kier alpha value is -3.50. The second kappa shape index (κ2) is 12.7. The molecular formula is C35H45NO9. The number of ketones is 2. The third-order valence-electron chi connectivity index (χ3n) is 11.2. The number of rotatable bonds is 11. The quantitative estimate of drug-likeness (QED) is 0.316. The van der Waals surface area contributed by atoms with Crippen LogP contribution in [0.2, 0.25) is 0 Å². The Balaban J connectivity index is 1.11. The Bertz CT molecular complexity index is 1420. The monoisotopic (exact) mass is 623 g/mol. The molecule has 3 N–H and O–H groups in total. The fraction of sp³-hybridized carbons (Fsp3) is 0.600. The summed E-state index contributed by atoms with van der Waals surface area (Å²) in [6.07, 6.45) is 7.33. The van der Waals surface area contributed by atoms with Crippen molar-refractivity contribution in [1.29, 1.82) is 0 Å². The van der Waals surface area contributed by atoms with Gasteiger partial charge in [0, 0.05) is 29.7 Å². The largest absolute Gasteiger partial charge is 0.493 e. The van der Waals surface area contributed by atoms with Gasteiger partial charge in [0.15, 0.2) is 23.9 Å². The van der Waals surface area contributed by atoms with Crippen molar-refractivity contribution >= 4 is 23.4 Å². The van der Waals surface area contributed by atoms with Crippen LogP contribution in [0, 0.1) is 28.6 Å². The predicted octanol–water partition coefficient (Wildman–Crippen LogP) is 3.26. The van der Waals surface area contributed by atoms with Gasteiger partial charge in [-0.1, -0.05) is 31.6 Å². The van der Waals surface area contributed by atoms with Crippen LogP contribution in [0.1, 0.15) is 64.4 Å². The van der Waals surface area contributed by atoms with Gasteiger partial charge in [-0.2, -0.15) is 0 Å². The topological polar surface area (TPSA) is 148 Å². The lowest BCUT2D eigenvalue weighted by Crippen LogP contribution is -2.61. The van der Waals surface area contributed by atoms with Crippen LogP contribution in [0.4, 0.5) is 0 Å². The number of benzene rings is 1. The van der Waals surface area contributed by atoms with E-state index in [1.165, 1.54) is 0 Å². The van der Waals surface area contributed by atoms with Gasteiger partial charge in [-0.25, -0.2) is 0 Å². The Labute approximate surface area is 264 Å². The Morgan fingerprint density at radius 2 is 1.82 bits per heavy atom. The molecule has 1 aromatic carbocycles. The summed E-state index contributed by atoms with van der Waals surface area (Å²) in [6.45, 7) is 3.74. The maximum atomic E-state index is 13.5. The highest BCUT2D eigenvalue weighted by Crippen LogP contribution is 2.67. The molecule has 0 spiro atoms. The zero-order valence-electron chi connectivity index (χ0n) is 26.6. The molecule has 0 bridgehead atoms. The van der Waals surface area contributed by atoms with Crippen LogP contribution in [-0.4, -0.2) is 72.7 Å². The molecule has 0 saturated heterocycles. The average molecular weight is 624 g/mol. The van der Waals surface area contributed by atoms with Gasteiger partial charge in [-0.3, -0.25) is 19.2 Å². The first-order valence-corrected chi connectivity index (χ1v) is 15.9. The fourth-order valence-electron chi connectivity index (χ4n) is 8.81. The number of carbonyl (C=O) groups is 4. The summed E-state index contributed by atoms with van der Waals surface area (Å²) >= 11 is 0. The molecular weight excluding hydrogens is 578 g/mol. The number of methoxy groups -OCH3 is 2. The number of aliphatic hydroxyl groups is 2. The van der Waals surface area contributed by atoms with E-state index in [1.807, 2.05) is 25.1 Å². The molecule has 5 rings (SSSR count). The van der Waals surface area contributed by atoms with E-state index in [-0.39, 0.29) is 55.1 Å². The van der Waals surface area contributed by atoms with Crippen molar-refractivity contribution in [2.75, 3.05) is 27.4 Å². The minimum atomic E-state index is -1.74. The van der Waals surface area contributed by atoms with Crippen molar-refractivity contribution in [3.05, 3.63) is 47.6 Å². The molecule has 0 aliphatic heterocycles.